The molecule has 1 atom stereocenters. The molecule has 1 amide bonds. The highest BCUT2D eigenvalue weighted by Gasteiger charge is 2.42. The quantitative estimate of drug-likeness (QED) is 0.815. The van der Waals surface area contributed by atoms with Gasteiger partial charge < -0.3 is 15.3 Å². The van der Waals surface area contributed by atoms with E-state index in [0.717, 1.165) is 18.5 Å². The summed E-state index contributed by atoms with van der Waals surface area (Å²) in [5, 5.41) is 12.4. The van der Waals surface area contributed by atoms with Crippen molar-refractivity contribution >= 4 is 11.6 Å². The van der Waals surface area contributed by atoms with Gasteiger partial charge in [-0.15, -0.1) is 0 Å². The number of para-hydroxylation sites is 1. The van der Waals surface area contributed by atoms with Crippen LogP contribution >= 0.6 is 0 Å². The Bertz CT molecular complexity index is 431. The summed E-state index contributed by atoms with van der Waals surface area (Å²) in [4.78, 5) is 14.0. The molecule has 1 unspecified atom stereocenters. The number of rotatable bonds is 6. The van der Waals surface area contributed by atoms with Gasteiger partial charge in [0.25, 0.3) is 0 Å². The molecule has 0 heterocycles. The van der Waals surface area contributed by atoms with Crippen molar-refractivity contribution in [1.82, 2.24) is 5.32 Å². The van der Waals surface area contributed by atoms with Crippen LogP contribution in [0.2, 0.25) is 0 Å². The SMILES string of the molecule is CN(CC(=O)NC(C)(CO)C1CC1)c1ccccc1. The Hall–Kier alpha value is -1.55. The van der Waals surface area contributed by atoms with Crippen LogP contribution in [0.15, 0.2) is 30.3 Å². The number of hydrogen-bond acceptors (Lipinski definition) is 3. The van der Waals surface area contributed by atoms with Gasteiger partial charge in [0, 0.05) is 12.7 Å². The van der Waals surface area contributed by atoms with Gasteiger partial charge in [0.2, 0.25) is 5.91 Å². The van der Waals surface area contributed by atoms with Gasteiger partial charge in [-0.3, -0.25) is 4.79 Å². The van der Waals surface area contributed by atoms with Crippen LogP contribution in [0.3, 0.4) is 0 Å². The Balaban J connectivity index is 1.90. The van der Waals surface area contributed by atoms with Gasteiger partial charge in [0.1, 0.15) is 0 Å². The molecular weight excluding hydrogens is 240 g/mol. The zero-order chi connectivity index (χ0) is 13.9. The number of carbonyl (C=O) groups is 1. The van der Waals surface area contributed by atoms with Crippen LogP contribution in [0.25, 0.3) is 0 Å². The van der Waals surface area contributed by atoms with E-state index in [4.69, 9.17) is 0 Å². The predicted octanol–water partition coefficient (Wildman–Crippen LogP) is 1.40. The fourth-order valence-electron chi connectivity index (χ4n) is 2.34. The van der Waals surface area contributed by atoms with Gasteiger partial charge in [-0.2, -0.15) is 0 Å². The number of aliphatic hydroxyl groups is 1. The van der Waals surface area contributed by atoms with Crippen molar-refractivity contribution in [1.29, 1.82) is 0 Å². The van der Waals surface area contributed by atoms with Crippen molar-refractivity contribution in [3.8, 4) is 0 Å². The topological polar surface area (TPSA) is 52.6 Å². The lowest BCUT2D eigenvalue weighted by atomic mass is 9.97. The van der Waals surface area contributed by atoms with E-state index in [1.54, 1.807) is 0 Å². The third-order valence-electron chi connectivity index (χ3n) is 3.81. The molecule has 2 rings (SSSR count). The standard InChI is InChI=1S/C15H22N2O2/c1-15(11-18,12-8-9-12)16-14(19)10-17(2)13-6-4-3-5-7-13/h3-7,12,18H,8-11H2,1-2H3,(H,16,19). The number of carbonyl (C=O) groups excluding carboxylic acids is 1. The van der Waals surface area contributed by atoms with Gasteiger partial charge in [0.05, 0.1) is 18.7 Å². The lowest BCUT2D eigenvalue weighted by Crippen LogP contribution is -2.53. The molecule has 0 aliphatic heterocycles. The molecule has 1 saturated carbocycles. The minimum absolute atomic E-state index is 0.00153. The molecule has 104 valence electrons. The maximum absolute atomic E-state index is 12.1. The van der Waals surface area contributed by atoms with Gasteiger partial charge in [0.15, 0.2) is 0 Å². The van der Waals surface area contributed by atoms with E-state index in [2.05, 4.69) is 5.32 Å². The summed E-state index contributed by atoms with van der Waals surface area (Å²) in [6, 6.07) is 9.80. The van der Waals surface area contributed by atoms with Crippen molar-refractivity contribution in [2.45, 2.75) is 25.3 Å². The fraction of sp³-hybridized carbons (Fsp3) is 0.533. The molecule has 0 aromatic heterocycles. The second-order valence-corrected chi connectivity index (χ2v) is 5.59. The second kappa shape index (κ2) is 5.61. The number of amides is 1. The Kier molecular flexibility index (Phi) is 4.10. The van der Waals surface area contributed by atoms with Crippen LogP contribution in [0.4, 0.5) is 5.69 Å². The Labute approximate surface area is 114 Å². The summed E-state index contributed by atoms with van der Waals surface area (Å²) in [6.45, 7) is 2.22. The van der Waals surface area contributed by atoms with E-state index in [9.17, 15) is 9.90 Å². The fourth-order valence-corrected chi connectivity index (χ4v) is 2.34. The number of hydrogen-bond donors (Lipinski definition) is 2. The van der Waals surface area contributed by atoms with E-state index in [1.165, 1.54) is 0 Å². The van der Waals surface area contributed by atoms with Crippen molar-refractivity contribution < 1.29 is 9.90 Å². The van der Waals surface area contributed by atoms with Gasteiger partial charge in [-0.05, 0) is 37.8 Å². The molecule has 19 heavy (non-hydrogen) atoms. The second-order valence-electron chi connectivity index (χ2n) is 5.59. The highest BCUT2D eigenvalue weighted by atomic mass is 16.3. The lowest BCUT2D eigenvalue weighted by Gasteiger charge is -2.30. The van der Waals surface area contributed by atoms with Crippen molar-refractivity contribution in [3.05, 3.63) is 30.3 Å². The molecule has 0 saturated heterocycles. The number of nitrogens with one attached hydrogen (secondary N) is 1. The molecule has 0 bridgehead atoms. The highest BCUT2D eigenvalue weighted by molar-refractivity contribution is 5.82. The maximum atomic E-state index is 12.1. The Morgan fingerprint density at radius 1 is 1.42 bits per heavy atom. The minimum atomic E-state index is -0.464. The summed E-state index contributed by atoms with van der Waals surface area (Å²) in [6.07, 6.45) is 2.18. The number of benzene rings is 1. The van der Waals surface area contributed by atoms with E-state index in [-0.39, 0.29) is 12.5 Å². The molecule has 1 aliphatic carbocycles. The molecular formula is C15H22N2O2. The first kappa shape index (κ1) is 13.9. The maximum Gasteiger partial charge on any atom is 0.240 e. The zero-order valence-electron chi connectivity index (χ0n) is 11.6. The van der Waals surface area contributed by atoms with Crippen molar-refractivity contribution in [2.75, 3.05) is 25.1 Å². The smallest absolute Gasteiger partial charge is 0.240 e. The largest absolute Gasteiger partial charge is 0.394 e. The van der Waals surface area contributed by atoms with Crippen molar-refractivity contribution in [3.63, 3.8) is 0 Å². The number of likely N-dealkylation sites (N-methyl/N-ethyl adjacent to an activating group) is 1. The number of aliphatic hydroxyl groups excluding tert-OH is 1. The molecule has 4 nitrogen and oxygen atoms in total. The van der Waals surface area contributed by atoms with Gasteiger partial charge in [-0.25, -0.2) is 0 Å². The predicted molar refractivity (Wildman–Crippen MR) is 76.1 cm³/mol. The van der Waals surface area contributed by atoms with E-state index in [0.29, 0.717) is 12.5 Å². The van der Waals surface area contributed by atoms with E-state index >= 15 is 0 Å². The number of nitrogens with zero attached hydrogens (tertiary/aromatic N) is 1. The van der Waals surface area contributed by atoms with Crippen LogP contribution in [0, 0.1) is 5.92 Å². The van der Waals surface area contributed by atoms with Crippen LogP contribution in [-0.4, -0.2) is 36.8 Å². The van der Waals surface area contributed by atoms with Crippen LogP contribution in [0.1, 0.15) is 19.8 Å². The zero-order valence-corrected chi connectivity index (χ0v) is 11.6. The molecule has 1 aromatic carbocycles. The summed E-state index contributed by atoms with van der Waals surface area (Å²) in [7, 11) is 1.89. The first-order valence-electron chi connectivity index (χ1n) is 6.73. The van der Waals surface area contributed by atoms with Crippen LogP contribution < -0.4 is 10.2 Å². The van der Waals surface area contributed by atoms with Crippen LogP contribution in [-0.2, 0) is 4.79 Å². The third kappa shape index (κ3) is 3.47. The minimum Gasteiger partial charge on any atom is -0.394 e. The Morgan fingerprint density at radius 3 is 2.58 bits per heavy atom. The van der Waals surface area contributed by atoms with Gasteiger partial charge >= 0.3 is 0 Å². The van der Waals surface area contributed by atoms with Crippen LogP contribution in [0.5, 0.6) is 0 Å². The summed E-state index contributed by atoms with van der Waals surface area (Å²) in [5.41, 5.74) is 0.545. The molecule has 1 fully saturated rings. The normalized spacial score (nSPS) is 17.6. The number of anilines is 1. The molecule has 4 heteroatoms. The molecule has 2 N–H and O–H groups in total. The Morgan fingerprint density at radius 2 is 2.05 bits per heavy atom. The highest BCUT2D eigenvalue weighted by Crippen LogP contribution is 2.39. The molecule has 1 aromatic rings. The average molecular weight is 262 g/mol. The summed E-state index contributed by atoms with van der Waals surface area (Å²) in [5.74, 6) is 0.373. The first-order chi connectivity index (χ1) is 9.05. The van der Waals surface area contributed by atoms with Gasteiger partial charge in [-0.1, -0.05) is 18.2 Å². The monoisotopic (exact) mass is 262 g/mol. The summed E-state index contributed by atoms with van der Waals surface area (Å²) < 4.78 is 0. The third-order valence-corrected chi connectivity index (χ3v) is 3.81. The first-order valence-corrected chi connectivity index (χ1v) is 6.73. The van der Waals surface area contributed by atoms with E-state index in [1.807, 2.05) is 49.2 Å². The summed E-state index contributed by atoms with van der Waals surface area (Å²) >= 11 is 0. The molecule has 1 aliphatic rings. The average Bonchev–Trinajstić information content (AvgIpc) is 3.24. The molecule has 0 radical (unpaired) electrons. The van der Waals surface area contributed by atoms with E-state index < -0.39 is 5.54 Å². The lowest BCUT2D eigenvalue weighted by molar-refractivity contribution is -0.122. The van der Waals surface area contributed by atoms with Crippen molar-refractivity contribution in [2.24, 2.45) is 5.92 Å². The molecule has 0 spiro atoms.